The summed E-state index contributed by atoms with van der Waals surface area (Å²) < 4.78 is 22.2. The Balaban J connectivity index is 0.731. The number of aryl methyl sites for hydroxylation is 1. The third-order valence-electron chi connectivity index (χ3n) is 13.0. The van der Waals surface area contributed by atoms with Crippen molar-refractivity contribution in [2.24, 2.45) is 13.0 Å². The number of hydrogen-bond donors (Lipinski definition) is 4. The molecule has 0 radical (unpaired) electrons. The van der Waals surface area contributed by atoms with Crippen LogP contribution in [0, 0.1) is 11.7 Å². The Bertz CT molecular complexity index is 2050. The lowest BCUT2D eigenvalue weighted by molar-refractivity contribution is -0.133. The molecular weight excluding hydrogens is 798 g/mol. The van der Waals surface area contributed by atoms with Crippen LogP contribution in [-0.4, -0.2) is 160 Å². The van der Waals surface area contributed by atoms with Gasteiger partial charge < -0.3 is 35.4 Å². The molecule has 4 amide bonds. The summed E-state index contributed by atoms with van der Waals surface area (Å²) in [6.07, 6.45) is 11.5. The third-order valence-corrected chi connectivity index (χ3v) is 13.0. The molecule has 8 rings (SSSR count). The van der Waals surface area contributed by atoms with E-state index in [-0.39, 0.29) is 42.7 Å². The number of esters is 1. The van der Waals surface area contributed by atoms with E-state index in [0.717, 1.165) is 116 Å². The van der Waals surface area contributed by atoms with Crippen molar-refractivity contribution in [3.63, 3.8) is 0 Å². The van der Waals surface area contributed by atoms with Gasteiger partial charge in [-0.15, -0.1) is 0 Å². The number of carbonyl (C=O) groups is 4. The number of halogens is 1. The highest BCUT2D eigenvalue weighted by atomic mass is 19.1. The van der Waals surface area contributed by atoms with Crippen molar-refractivity contribution in [2.75, 3.05) is 99.4 Å². The molecule has 18 nitrogen and oxygen atoms in total. The number of aromatic nitrogens is 4. The molecule has 1 atom stereocenters. The summed E-state index contributed by atoms with van der Waals surface area (Å²) in [4.78, 5) is 70.1. The molecule has 1 aromatic carbocycles. The van der Waals surface area contributed by atoms with Crippen LogP contribution in [0.2, 0.25) is 0 Å². The van der Waals surface area contributed by atoms with Crippen molar-refractivity contribution >= 4 is 52.6 Å². The Morgan fingerprint density at radius 3 is 2.29 bits per heavy atom. The van der Waals surface area contributed by atoms with Crippen LogP contribution in [0.5, 0.6) is 0 Å². The van der Waals surface area contributed by atoms with Gasteiger partial charge in [0.25, 0.3) is 0 Å². The van der Waals surface area contributed by atoms with Gasteiger partial charge >= 0.3 is 12.0 Å². The third kappa shape index (κ3) is 10.5. The molecule has 2 aromatic heterocycles. The summed E-state index contributed by atoms with van der Waals surface area (Å²) in [5, 5.41) is 16.3. The van der Waals surface area contributed by atoms with Crippen LogP contribution < -0.4 is 26.2 Å². The highest BCUT2D eigenvalue weighted by Crippen LogP contribution is 2.30. The summed E-state index contributed by atoms with van der Waals surface area (Å²) in [5.41, 5.74) is 2.14. The molecule has 1 aliphatic carbocycles. The van der Waals surface area contributed by atoms with Gasteiger partial charge in [-0.2, -0.15) is 10.1 Å². The molecular formula is C43H60FN13O5. The van der Waals surface area contributed by atoms with E-state index in [0.29, 0.717) is 47.1 Å². The minimum absolute atomic E-state index is 0.155. The maximum Gasteiger partial charge on any atom is 0.343 e. The molecule has 3 aromatic rings. The predicted octanol–water partition coefficient (Wildman–Crippen LogP) is 3.48. The molecule has 4 saturated heterocycles. The SMILES string of the molecule is CCOC(=O)c1cnc(Nc2cnn(C)c2)nc1NC1CCC(N2CCN(C(=O)N3CCC(CN4CCN(c5ccc(NC6CCC(=O)NC6=O)cc5F)CC4)CC3)CC2)CC1. The molecule has 0 bridgehead atoms. The number of imide groups is 1. The Labute approximate surface area is 361 Å². The zero-order valence-electron chi connectivity index (χ0n) is 35.9. The van der Waals surface area contributed by atoms with Gasteiger partial charge in [-0.1, -0.05) is 0 Å². The largest absolute Gasteiger partial charge is 0.462 e. The molecule has 1 saturated carbocycles. The maximum absolute atomic E-state index is 15.2. The van der Waals surface area contributed by atoms with Gasteiger partial charge in [0, 0.05) is 116 Å². The molecule has 62 heavy (non-hydrogen) atoms. The van der Waals surface area contributed by atoms with E-state index in [9.17, 15) is 19.2 Å². The summed E-state index contributed by atoms with van der Waals surface area (Å²) >= 11 is 0. The van der Waals surface area contributed by atoms with Crippen LogP contribution in [0.25, 0.3) is 0 Å². The second kappa shape index (κ2) is 19.7. The van der Waals surface area contributed by atoms with E-state index in [1.807, 2.05) is 23.0 Å². The van der Waals surface area contributed by atoms with Gasteiger partial charge in [0.1, 0.15) is 23.2 Å². The van der Waals surface area contributed by atoms with E-state index in [1.165, 1.54) is 12.3 Å². The maximum atomic E-state index is 15.2. The number of carbonyl (C=O) groups excluding carboxylic acids is 4. The summed E-state index contributed by atoms with van der Waals surface area (Å²) in [6.45, 7) is 10.9. The van der Waals surface area contributed by atoms with E-state index in [4.69, 9.17) is 4.74 Å². The van der Waals surface area contributed by atoms with Crippen molar-refractivity contribution < 1.29 is 28.3 Å². The first kappa shape index (κ1) is 43.1. The van der Waals surface area contributed by atoms with Crippen molar-refractivity contribution in [1.82, 2.24) is 44.7 Å². The number of ether oxygens (including phenoxy) is 1. The van der Waals surface area contributed by atoms with E-state index < -0.39 is 12.0 Å². The predicted molar refractivity (Wildman–Crippen MR) is 232 cm³/mol. The Hall–Kier alpha value is -5.56. The van der Waals surface area contributed by atoms with E-state index in [1.54, 1.807) is 29.9 Å². The number of nitrogens with one attached hydrogen (secondary N) is 4. The molecule has 0 spiro atoms. The van der Waals surface area contributed by atoms with Gasteiger partial charge in [0.15, 0.2) is 0 Å². The quantitative estimate of drug-likeness (QED) is 0.153. The molecule has 4 N–H and O–H groups in total. The summed E-state index contributed by atoms with van der Waals surface area (Å²) in [7, 11) is 1.83. The van der Waals surface area contributed by atoms with Crippen LogP contribution in [0.15, 0.2) is 36.8 Å². The number of likely N-dealkylation sites (tertiary alicyclic amines) is 1. The van der Waals surface area contributed by atoms with Gasteiger partial charge in [-0.25, -0.2) is 19.0 Å². The second-order valence-electron chi connectivity index (χ2n) is 17.2. The zero-order chi connectivity index (χ0) is 43.2. The smallest absolute Gasteiger partial charge is 0.343 e. The average molecular weight is 858 g/mol. The monoisotopic (exact) mass is 857 g/mol. The normalized spacial score (nSPS) is 23.2. The lowest BCUT2D eigenvalue weighted by atomic mass is 9.89. The lowest BCUT2D eigenvalue weighted by Gasteiger charge is -2.44. The van der Waals surface area contributed by atoms with Crippen LogP contribution in [0.3, 0.4) is 0 Å². The van der Waals surface area contributed by atoms with Gasteiger partial charge in [-0.05, 0) is 76.0 Å². The van der Waals surface area contributed by atoms with Crippen LogP contribution in [0.1, 0.15) is 68.6 Å². The Kier molecular flexibility index (Phi) is 13.7. The highest BCUT2D eigenvalue weighted by Gasteiger charge is 2.34. The van der Waals surface area contributed by atoms with Crippen molar-refractivity contribution in [3.8, 4) is 0 Å². The number of amides is 4. The first-order valence-corrected chi connectivity index (χ1v) is 22.3. The van der Waals surface area contributed by atoms with Crippen molar-refractivity contribution in [3.05, 3.63) is 48.2 Å². The number of piperidine rings is 2. The van der Waals surface area contributed by atoms with Crippen LogP contribution >= 0.6 is 0 Å². The van der Waals surface area contributed by atoms with Crippen molar-refractivity contribution in [2.45, 2.75) is 76.4 Å². The molecule has 5 fully saturated rings. The molecule has 6 heterocycles. The van der Waals surface area contributed by atoms with E-state index >= 15 is 4.39 Å². The highest BCUT2D eigenvalue weighted by molar-refractivity contribution is 6.01. The topological polar surface area (TPSA) is 185 Å². The van der Waals surface area contributed by atoms with Crippen LogP contribution in [-0.2, 0) is 21.4 Å². The van der Waals surface area contributed by atoms with Gasteiger partial charge in [0.2, 0.25) is 17.8 Å². The van der Waals surface area contributed by atoms with Gasteiger partial charge in [0.05, 0.1) is 24.2 Å². The summed E-state index contributed by atoms with van der Waals surface area (Å²) in [6, 6.07) is 5.20. The number of urea groups is 1. The molecule has 334 valence electrons. The number of benzene rings is 1. The second-order valence-corrected chi connectivity index (χ2v) is 17.2. The molecule has 1 unspecified atom stereocenters. The fourth-order valence-electron chi connectivity index (χ4n) is 9.51. The molecule has 19 heteroatoms. The Morgan fingerprint density at radius 1 is 0.871 bits per heavy atom. The Morgan fingerprint density at radius 2 is 1.61 bits per heavy atom. The first-order valence-electron chi connectivity index (χ1n) is 22.3. The number of anilines is 5. The number of hydrogen-bond acceptors (Lipinski definition) is 14. The standard InChI is InChI=1S/C43H60FN13O5/c1-3-62-41(60)34-26-45-42(49-32-25-46-52(2)28-32)51-39(34)48-30-4-7-33(8-5-30)54-20-22-57(23-21-54)43(61)56-14-12-29(13-15-56)27-53-16-18-55(19-17-53)37-10-6-31(24-35(37)44)47-36-9-11-38(58)50-40(36)59/h6,10,24-26,28-30,33,36,47H,3-5,7-9,11-23,27H2,1-2H3,(H,50,58,59)(H2,45,48,49,51). The number of rotatable bonds is 12. The zero-order valence-corrected chi connectivity index (χ0v) is 35.9. The molecule has 4 aliphatic heterocycles. The average Bonchev–Trinajstić information content (AvgIpc) is 3.69. The number of nitrogens with zero attached hydrogens (tertiary/aromatic N) is 9. The van der Waals surface area contributed by atoms with E-state index in [2.05, 4.69) is 51.0 Å². The minimum atomic E-state index is -0.554. The van der Waals surface area contributed by atoms with Gasteiger partial charge in [-0.3, -0.25) is 29.4 Å². The molecule has 5 aliphatic rings. The summed E-state index contributed by atoms with van der Waals surface area (Å²) in [5.74, 6) is -0.0869. The van der Waals surface area contributed by atoms with Crippen LogP contribution in [0.4, 0.5) is 38.0 Å². The minimum Gasteiger partial charge on any atom is -0.462 e. The fourth-order valence-corrected chi connectivity index (χ4v) is 9.51. The lowest BCUT2D eigenvalue weighted by Crippen LogP contribution is -2.56. The number of piperazine rings is 2. The fraction of sp³-hybridized carbons (Fsp3) is 0.605. The van der Waals surface area contributed by atoms with Crippen molar-refractivity contribution in [1.29, 1.82) is 0 Å². The first-order chi connectivity index (χ1) is 30.1.